The van der Waals surface area contributed by atoms with Crippen LogP contribution in [-0.4, -0.2) is 40.3 Å². The second-order valence-electron chi connectivity index (χ2n) is 7.04. The highest BCUT2D eigenvalue weighted by Crippen LogP contribution is 2.32. The van der Waals surface area contributed by atoms with Gasteiger partial charge in [0.1, 0.15) is 0 Å². The second kappa shape index (κ2) is 11.8. The van der Waals surface area contributed by atoms with E-state index in [4.69, 9.17) is 9.47 Å². The van der Waals surface area contributed by atoms with E-state index in [1.165, 1.54) is 11.1 Å². The molecule has 0 aliphatic carbocycles. The Kier molecular flexibility index (Phi) is 10.1. The summed E-state index contributed by atoms with van der Waals surface area (Å²) in [6.45, 7) is 5.96. The van der Waals surface area contributed by atoms with Crippen molar-refractivity contribution in [1.29, 1.82) is 0 Å². The number of hydrogen-bond acceptors (Lipinski definition) is 3. The molecule has 2 rings (SSSR count). The topological polar surface area (TPSA) is 54.9 Å². The third kappa shape index (κ3) is 6.89. The molecule has 0 aromatic heterocycles. The van der Waals surface area contributed by atoms with Crippen LogP contribution in [0.25, 0.3) is 0 Å². The Morgan fingerprint density at radius 2 is 1.64 bits per heavy atom. The number of halogens is 1. The molecule has 154 valence electrons. The van der Waals surface area contributed by atoms with Crippen LogP contribution in [0.3, 0.4) is 0 Å². The van der Waals surface area contributed by atoms with E-state index < -0.39 is 0 Å². The van der Waals surface area contributed by atoms with Gasteiger partial charge in [-0.15, -0.1) is 24.0 Å². The zero-order valence-corrected chi connectivity index (χ0v) is 19.7. The third-order valence-electron chi connectivity index (χ3n) is 4.64. The van der Waals surface area contributed by atoms with Gasteiger partial charge in [0.15, 0.2) is 17.5 Å². The number of nitrogens with one attached hydrogen (secondary N) is 2. The molecule has 2 aromatic carbocycles. The van der Waals surface area contributed by atoms with Gasteiger partial charge >= 0.3 is 0 Å². The van der Waals surface area contributed by atoms with Gasteiger partial charge in [0.2, 0.25) is 0 Å². The van der Waals surface area contributed by atoms with Crippen molar-refractivity contribution in [2.24, 2.45) is 4.99 Å². The van der Waals surface area contributed by atoms with Crippen LogP contribution < -0.4 is 20.1 Å². The van der Waals surface area contributed by atoms with Crippen molar-refractivity contribution in [3.05, 3.63) is 59.7 Å². The Bertz CT molecular complexity index is 749. The van der Waals surface area contributed by atoms with Crippen molar-refractivity contribution in [2.75, 3.05) is 34.4 Å². The summed E-state index contributed by atoms with van der Waals surface area (Å²) < 4.78 is 10.8. The molecule has 0 unspecified atom stereocenters. The molecule has 5 nitrogen and oxygen atoms in total. The molecule has 0 aliphatic rings. The van der Waals surface area contributed by atoms with Gasteiger partial charge in [0.05, 0.1) is 14.2 Å². The fraction of sp³-hybridized carbons (Fsp3) is 0.409. The Balaban J connectivity index is 0.00000392. The van der Waals surface area contributed by atoms with E-state index in [9.17, 15) is 0 Å². The molecule has 2 aromatic rings. The molecule has 0 spiro atoms. The standard InChI is InChI=1S/C22H31N3O2.HI/c1-22(2,18-11-12-19(26-4)20(15-18)27-5)16-25-21(23-3)24-14-13-17-9-7-6-8-10-17;/h6-12,15H,13-14,16H2,1-5H3,(H2,23,24,25);1H. The van der Waals surface area contributed by atoms with Gasteiger partial charge in [-0.25, -0.2) is 0 Å². The quantitative estimate of drug-likeness (QED) is 0.329. The van der Waals surface area contributed by atoms with E-state index in [2.05, 4.69) is 59.8 Å². The first-order valence-electron chi connectivity index (χ1n) is 9.21. The second-order valence-corrected chi connectivity index (χ2v) is 7.04. The lowest BCUT2D eigenvalue weighted by atomic mass is 9.84. The van der Waals surface area contributed by atoms with E-state index in [1.807, 2.05) is 18.2 Å². The van der Waals surface area contributed by atoms with Crippen molar-refractivity contribution in [1.82, 2.24) is 10.6 Å². The maximum atomic E-state index is 5.43. The number of ether oxygens (including phenoxy) is 2. The van der Waals surface area contributed by atoms with Crippen LogP contribution in [0.5, 0.6) is 11.5 Å². The summed E-state index contributed by atoms with van der Waals surface area (Å²) in [5.41, 5.74) is 2.38. The summed E-state index contributed by atoms with van der Waals surface area (Å²) in [6, 6.07) is 16.5. The van der Waals surface area contributed by atoms with E-state index in [0.717, 1.165) is 37.0 Å². The maximum absolute atomic E-state index is 5.43. The molecule has 0 saturated heterocycles. The minimum absolute atomic E-state index is 0. The fourth-order valence-electron chi connectivity index (χ4n) is 2.85. The highest BCUT2D eigenvalue weighted by Gasteiger charge is 2.22. The molecule has 0 aliphatic heterocycles. The lowest BCUT2D eigenvalue weighted by Gasteiger charge is -2.27. The molecular formula is C22H32IN3O2. The molecule has 0 fully saturated rings. The zero-order valence-electron chi connectivity index (χ0n) is 17.4. The third-order valence-corrected chi connectivity index (χ3v) is 4.64. The summed E-state index contributed by atoms with van der Waals surface area (Å²) >= 11 is 0. The average Bonchev–Trinajstić information content (AvgIpc) is 2.70. The van der Waals surface area contributed by atoms with Crippen LogP contribution in [0, 0.1) is 0 Å². The van der Waals surface area contributed by atoms with Gasteiger partial charge in [-0.05, 0) is 29.7 Å². The minimum atomic E-state index is -0.101. The lowest BCUT2D eigenvalue weighted by Crippen LogP contribution is -2.44. The largest absolute Gasteiger partial charge is 0.493 e. The molecule has 0 heterocycles. The molecule has 0 atom stereocenters. The Labute approximate surface area is 186 Å². The lowest BCUT2D eigenvalue weighted by molar-refractivity contribution is 0.353. The highest BCUT2D eigenvalue weighted by atomic mass is 127. The first-order valence-corrected chi connectivity index (χ1v) is 9.21. The molecule has 0 radical (unpaired) electrons. The van der Waals surface area contributed by atoms with Gasteiger partial charge < -0.3 is 20.1 Å². The molecule has 0 saturated carbocycles. The van der Waals surface area contributed by atoms with Crippen LogP contribution in [0.15, 0.2) is 53.5 Å². The highest BCUT2D eigenvalue weighted by molar-refractivity contribution is 14.0. The normalized spacial score (nSPS) is 11.4. The minimum Gasteiger partial charge on any atom is -0.493 e. The van der Waals surface area contributed by atoms with Gasteiger partial charge in [-0.2, -0.15) is 0 Å². The van der Waals surface area contributed by atoms with Gasteiger partial charge in [-0.3, -0.25) is 4.99 Å². The summed E-state index contributed by atoms with van der Waals surface area (Å²) in [7, 11) is 5.10. The van der Waals surface area contributed by atoms with Crippen molar-refractivity contribution in [3.63, 3.8) is 0 Å². The number of rotatable bonds is 8. The van der Waals surface area contributed by atoms with Crippen molar-refractivity contribution < 1.29 is 9.47 Å². The number of benzene rings is 2. The maximum Gasteiger partial charge on any atom is 0.191 e. The average molecular weight is 497 g/mol. The first kappa shape index (κ1) is 24.1. The molecule has 28 heavy (non-hydrogen) atoms. The van der Waals surface area contributed by atoms with Crippen molar-refractivity contribution in [3.8, 4) is 11.5 Å². The van der Waals surface area contributed by atoms with Crippen LogP contribution in [0.4, 0.5) is 0 Å². The summed E-state index contributed by atoms with van der Waals surface area (Å²) in [6.07, 6.45) is 0.959. The Morgan fingerprint density at radius 3 is 2.25 bits per heavy atom. The molecule has 0 bridgehead atoms. The predicted octanol–water partition coefficient (Wildman–Crippen LogP) is 4.01. The van der Waals surface area contributed by atoms with Crippen molar-refractivity contribution in [2.45, 2.75) is 25.7 Å². The molecule has 6 heteroatoms. The number of guanidine groups is 1. The van der Waals surface area contributed by atoms with Crippen LogP contribution in [0.2, 0.25) is 0 Å². The summed E-state index contributed by atoms with van der Waals surface area (Å²) in [5, 5.41) is 6.80. The number of aliphatic imine (C=N–C) groups is 1. The number of methoxy groups -OCH3 is 2. The summed E-state index contributed by atoms with van der Waals surface area (Å²) in [5.74, 6) is 2.29. The van der Waals surface area contributed by atoms with E-state index in [1.54, 1.807) is 21.3 Å². The van der Waals surface area contributed by atoms with Crippen LogP contribution in [-0.2, 0) is 11.8 Å². The number of nitrogens with zero attached hydrogens (tertiary/aromatic N) is 1. The Hall–Kier alpha value is -1.96. The van der Waals surface area contributed by atoms with Crippen molar-refractivity contribution >= 4 is 29.9 Å². The van der Waals surface area contributed by atoms with Gasteiger partial charge in [0.25, 0.3) is 0 Å². The summed E-state index contributed by atoms with van der Waals surface area (Å²) in [4.78, 5) is 4.33. The van der Waals surface area contributed by atoms with Crippen LogP contribution >= 0.6 is 24.0 Å². The van der Waals surface area contributed by atoms with Gasteiger partial charge in [0, 0.05) is 25.6 Å². The zero-order chi connectivity index (χ0) is 19.7. The Morgan fingerprint density at radius 1 is 0.964 bits per heavy atom. The van der Waals surface area contributed by atoms with Crippen LogP contribution in [0.1, 0.15) is 25.0 Å². The van der Waals surface area contributed by atoms with E-state index in [-0.39, 0.29) is 29.4 Å². The predicted molar refractivity (Wildman–Crippen MR) is 127 cm³/mol. The molecule has 0 amide bonds. The smallest absolute Gasteiger partial charge is 0.191 e. The monoisotopic (exact) mass is 497 g/mol. The molecule has 2 N–H and O–H groups in total. The SMILES string of the molecule is CN=C(NCCc1ccccc1)NCC(C)(C)c1ccc(OC)c(OC)c1.I. The van der Waals surface area contributed by atoms with E-state index >= 15 is 0 Å². The fourth-order valence-corrected chi connectivity index (χ4v) is 2.85. The molecular weight excluding hydrogens is 465 g/mol. The first-order chi connectivity index (χ1) is 13.0. The van der Waals surface area contributed by atoms with E-state index in [0.29, 0.717) is 0 Å². The number of hydrogen-bond donors (Lipinski definition) is 2. The van der Waals surface area contributed by atoms with Gasteiger partial charge in [-0.1, -0.05) is 50.2 Å².